The molecule has 7 heteroatoms. The minimum Gasteiger partial charge on any atom is -0.508 e. The predicted octanol–water partition coefficient (Wildman–Crippen LogP) is 3.27. The van der Waals surface area contributed by atoms with Crippen molar-refractivity contribution in [2.24, 2.45) is 0 Å². The summed E-state index contributed by atoms with van der Waals surface area (Å²) in [7, 11) is 0. The fourth-order valence-electron chi connectivity index (χ4n) is 4.19. The zero-order valence-electron chi connectivity index (χ0n) is 17.0. The average molecular weight is 419 g/mol. The summed E-state index contributed by atoms with van der Waals surface area (Å²) in [6, 6.07) is 14.2. The van der Waals surface area contributed by atoms with E-state index in [4.69, 9.17) is 14.2 Å². The highest BCUT2D eigenvalue weighted by atomic mass is 16.7. The Morgan fingerprint density at radius 2 is 1.77 bits per heavy atom. The molecule has 0 spiro atoms. The Bertz CT molecular complexity index is 1230. The van der Waals surface area contributed by atoms with Crippen molar-refractivity contribution in [3.05, 3.63) is 81.3 Å². The van der Waals surface area contributed by atoms with Crippen molar-refractivity contribution in [2.75, 3.05) is 6.79 Å². The Kier molecular flexibility index (Phi) is 4.66. The van der Waals surface area contributed by atoms with Crippen LogP contribution in [-0.2, 0) is 17.8 Å². The molecule has 7 nitrogen and oxygen atoms in total. The lowest BCUT2D eigenvalue weighted by Gasteiger charge is -2.26. The highest BCUT2D eigenvalue weighted by Crippen LogP contribution is 2.41. The third kappa shape index (κ3) is 3.52. The van der Waals surface area contributed by atoms with Gasteiger partial charge in [0.25, 0.3) is 5.56 Å². The van der Waals surface area contributed by atoms with Crippen molar-refractivity contribution in [3.63, 3.8) is 0 Å². The number of hydrogen-bond donors (Lipinski definition) is 1. The fraction of sp³-hybridized carbons (Fsp3) is 0.250. The second-order valence-electron chi connectivity index (χ2n) is 7.78. The van der Waals surface area contributed by atoms with Crippen molar-refractivity contribution in [1.82, 2.24) is 4.57 Å². The maximum Gasteiger partial charge on any atom is 0.312 e. The molecule has 5 rings (SSSR count). The van der Waals surface area contributed by atoms with E-state index >= 15 is 0 Å². The molecule has 2 aromatic carbocycles. The molecule has 1 aromatic heterocycles. The van der Waals surface area contributed by atoms with E-state index in [-0.39, 0.29) is 30.5 Å². The van der Waals surface area contributed by atoms with E-state index in [0.29, 0.717) is 35.8 Å². The molecule has 3 heterocycles. The highest BCUT2D eigenvalue weighted by Gasteiger charge is 2.33. The van der Waals surface area contributed by atoms with Crippen molar-refractivity contribution in [3.8, 4) is 23.0 Å². The van der Waals surface area contributed by atoms with Crippen molar-refractivity contribution in [1.29, 1.82) is 0 Å². The number of esters is 1. The number of nitrogens with zero attached hydrogens (tertiary/aromatic N) is 1. The Hall–Kier alpha value is -3.74. The van der Waals surface area contributed by atoms with Crippen LogP contribution in [0.25, 0.3) is 0 Å². The molecule has 1 atom stereocenters. The first-order valence-corrected chi connectivity index (χ1v) is 10.1. The largest absolute Gasteiger partial charge is 0.508 e. The maximum absolute atomic E-state index is 13.5. The summed E-state index contributed by atoms with van der Waals surface area (Å²) in [5.41, 5.74) is 2.87. The van der Waals surface area contributed by atoms with E-state index in [9.17, 15) is 14.7 Å². The van der Waals surface area contributed by atoms with Crippen LogP contribution in [0.15, 0.2) is 53.3 Å². The van der Waals surface area contributed by atoms with E-state index in [1.54, 1.807) is 28.8 Å². The number of phenolic OH excluding ortho intramolecular Hbond substituents is 1. The Balaban J connectivity index is 1.53. The quantitative estimate of drug-likeness (QED) is 0.653. The van der Waals surface area contributed by atoms with Crippen LogP contribution in [0.3, 0.4) is 0 Å². The summed E-state index contributed by atoms with van der Waals surface area (Å²) in [4.78, 5) is 25.8. The van der Waals surface area contributed by atoms with Gasteiger partial charge < -0.3 is 23.9 Å². The van der Waals surface area contributed by atoms with Gasteiger partial charge in [-0.3, -0.25) is 9.59 Å². The number of carbonyl (C=O) groups is 1. The number of carbonyl (C=O) groups excluding carboxylic acids is 1. The highest BCUT2D eigenvalue weighted by molar-refractivity contribution is 5.77. The molecule has 0 bridgehead atoms. The van der Waals surface area contributed by atoms with Gasteiger partial charge in [-0.15, -0.1) is 0 Å². The molecular formula is C24H21NO6. The number of aromatic hydroxyl groups is 1. The summed E-state index contributed by atoms with van der Waals surface area (Å²) in [6.45, 7) is 2.46. The molecule has 0 amide bonds. The zero-order valence-corrected chi connectivity index (χ0v) is 17.0. The van der Waals surface area contributed by atoms with Crippen molar-refractivity contribution >= 4 is 5.97 Å². The molecular weight excluding hydrogens is 398 g/mol. The maximum atomic E-state index is 13.5. The molecule has 2 aliphatic heterocycles. The number of aryl methyl sites for hydroxylation is 2. The fourth-order valence-corrected chi connectivity index (χ4v) is 4.19. The molecule has 0 fully saturated rings. The van der Waals surface area contributed by atoms with Gasteiger partial charge in [0.15, 0.2) is 11.5 Å². The second-order valence-corrected chi connectivity index (χ2v) is 7.78. The second kappa shape index (κ2) is 7.50. The minimum absolute atomic E-state index is 0.0862. The van der Waals surface area contributed by atoms with Gasteiger partial charge in [-0.2, -0.15) is 0 Å². The monoisotopic (exact) mass is 419 g/mol. The summed E-state index contributed by atoms with van der Waals surface area (Å²) >= 11 is 0. The van der Waals surface area contributed by atoms with E-state index in [1.807, 2.05) is 31.2 Å². The lowest BCUT2D eigenvalue weighted by atomic mass is 9.86. The Morgan fingerprint density at radius 3 is 2.58 bits per heavy atom. The van der Waals surface area contributed by atoms with Crippen LogP contribution in [0.5, 0.6) is 23.0 Å². The average Bonchev–Trinajstić information content (AvgIpc) is 3.22. The molecule has 0 saturated heterocycles. The van der Waals surface area contributed by atoms with Crippen LogP contribution in [0.4, 0.5) is 0 Å². The summed E-state index contributed by atoms with van der Waals surface area (Å²) in [5, 5.41) is 9.47. The van der Waals surface area contributed by atoms with Crippen LogP contribution < -0.4 is 19.8 Å². The molecule has 0 unspecified atom stereocenters. The number of ether oxygens (including phenoxy) is 3. The Labute approximate surface area is 178 Å². The van der Waals surface area contributed by atoms with E-state index in [0.717, 1.165) is 16.8 Å². The Morgan fingerprint density at radius 1 is 1.00 bits per heavy atom. The predicted molar refractivity (Wildman–Crippen MR) is 112 cm³/mol. The van der Waals surface area contributed by atoms with Gasteiger partial charge in [-0.25, -0.2) is 0 Å². The van der Waals surface area contributed by atoms with Crippen LogP contribution in [0.2, 0.25) is 0 Å². The molecule has 0 saturated carbocycles. The zero-order chi connectivity index (χ0) is 21.5. The number of aromatic nitrogens is 1. The van der Waals surface area contributed by atoms with Gasteiger partial charge in [0.1, 0.15) is 11.5 Å². The summed E-state index contributed by atoms with van der Waals surface area (Å²) in [5.74, 6) is 1.01. The molecule has 0 radical (unpaired) electrons. The molecule has 1 N–H and O–H groups in total. The first kappa shape index (κ1) is 19.2. The van der Waals surface area contributed by atoms with Gasteiger partial charge in [0.2, 0.25) is 6.79 Å². The van der Waals surface area contributed by atoms with E-state index < -0.39 is 5.92 Å². The number of hydrogen-bond acceptors (Lipinski definition) is 6. The van der Waals surface area contributed by atoms with Gasteiger partial charge in [-0.05, 0) is 48.7 Å². The molecule has 2 aliphatic rings. The number of fused-ring (bicyclic) bond motifs is 2. The van der Waals surface area contributed by atoms with Crippen LogP contribution >= 0.6 is 0 Å². The van der Waals surface area contributed by atoms with Crippen LogP contribution in [0, 0.1) is 6.92 Å². The normalized spacial score (nSPS) is 16.7. The molecule has 3 aromatic rings. The summed E-state index contributed by atoms with van der Waals surface area (Å²) < 4.78 is 18.0. The lowest BCUT2D eigenvalue weighted by molar-refractivity contribution is -0.135. The number of rotatable bonds is 4. The number of benzene rings is 2. The van der Waals surface area contributed by atoms with Gasteiger partial charge in [-0.1, -0.05) is 18.2 Å². The van der Waals surface area contributed by atoms with Crippen molar-refractivity contribution < 1.29 is 24.1 Å². The molecule has 158 valence electrons. The standard InChI is InChI=1S/C24H21NO6/c1-14-10-21-23(24(28)25(14)9-8-15-2-5-17(26)6-3-15)18(12-22(27)31-21)16-4-7-19-20(11-16)30-13-29-19/h2-7,10-11,18,26H,8-9,12-13H2,1H3/t18-/m1/s1. The minimum atomic E-state index is -0.418. The summed E-state index contributed by atoms with van der Waals surface area (Å²) in [6.07, 6.45) is 0.719. The van der Waals surface area contributed by atoms with Crippen LogP contribution in [-0.4, -0.2) is 22.4 Å². The first-order chi connectivity index (χ1) is 15.0. The van der Waals surface area contributed by atoms with Gasteiger partial charge in [0.05, 0.1) is 12.0 Å². The number of phenols is 1. The van der Waals surface area contributed by atoms with Gasteiger partial charge in [0, 0.05) is 24.2 Å². The van der Waals surface area contributed by atoms with Crippen molar-refractivity contribution in [2.45, 2.75) is 32.2 Å². The molecule has 0 aliphatic carbocycles. The topological polar surface area (TPSA) is 87.0 Å². The third-order valence-corrected chi connectivity index (χ3v) is 5.81. The van der Waals surface area contributed by atoms with E-state index in [1.165, 1.54) is 0 Å². The number of pyridine rings is 1. The van der Waals surface area contributed by atoms with Gasteiger partial charge >= 0.3 is 5.97 Å². The van der Waals surface area contributed by atoms with Crippen LogP contribution in [0.1, 0.15) is 34.7 Å². The SMILES string of the molecule is Cc1cc2c(c(=O)n1CCc1ccc(O)cc1)[C@@H](c1ccc3c(c1)OCO3)CC(=O)O2. The van der Waals surface area contributed by atoms with E-state index in [2.05, 4.69) is 0 Å². The smallest absolute Gasteiger partial charge is 0.312 e. The molecule has 31 heavy (non-hydrogen) atoms. The lowest BCUT2D eigenvalue weighted by Crippen LogP contribution is -2.33. The third-order valence-electron chi connectivity index (χ3n) is 5.81. The first-order valence-electron chi connectivity index (χ1n) is 10.1.